The van der Waals surface area contributed by atoms with Crippen molar-refractivity contribution in [2.24, 2.45) is 0 Å². The fourth-order valence-electron chi connectivity index (χ4n) is 3.57. The van der Waals surface area contributed by atoms with Gasteiger partial charge in [-0.3, -0.25) is 39.7 Å². The predicted octanol–water partition coefficient (Wildman–Crippen LogP) is 1.87. The van der Waals surface area contributed by atoms with Crippen LogP contribution in [0.3, 0.4) is 0 Å². The van der Waals surface area contributed by atoms with Gasteiger partial charge in [0.25, 0.3) is 23.4 Å². The summed E-state index contributed by atoms with van der Waals surface area (Å²) in [6, 6.07) is 14.9. The molecule has 3 aromatic rings. The van der Waals surface area contributed by atoms with E-state index in [1.165, 1.54) is 42.7 Å². The van der Waals surface area contributed by atoms with E-state index in [0.29, 0.717) is 5.75 Å². The number of nitrogens with zero attached hydrogens (tertiary/aromatic N) is 4. The van der Waals surface area contributed by atoms with E-state index in [1.807, 2.05) is 0 Å². The number of nitro groups is 1. The topological polar surface area (TPSA) is 152 Å². The number of carbonyl (C=O) groups excluding carboxylic acids is 4. The number of anilines is 1. The molecule has 0 bridgehead atoms. The van der Waals surface area contributed by atoms with Gasteiger partial charge in [0.05, 0.1) is 17.0 Å². The van der Waals surface area contributed by atoms with E-state index >= 15 is 0 Å². The molecule has 0 saturated carbocycles. The van der Waals surface area contributed by atoms with Gasteiger partial charge in [-0.15, -0.1) is 0 Å². The van der Waals surface area contributed by atoms with Crippen LogP contribution in [-0.4, -0.2) is 51.2 Å². The van der Waals surface area contributed by atoms with E-state index < -0.39 is 47.6 Å². The van der Waals surface area contributed by atoms with Crippen molar-refractivity contribution in [1.82, 2.24) is 15.4 Å². The van der Waals surface area contributed by atoms with Crippen LogP contribution in [0.25, 0.3) is 0 Å². The summed E-state index contributed by atoms with van der Waals surface area (Å²) in [6.45, 7) is -0.465. The number of imide groups is 1. The minimum absolute atomic E-state index is 0.0169. The van der Waals surface area contributed by atoms with Gasteiger partial charge in [0.1, 0.15) is 11.8 Å². The number of nitrogens with one attached hydrogen (secondary N) is 1. The van der Waals surface area contributed by atoms with Crippen molar-refractivity contribution >= 4 is 35.0 Å². The molecule has 2 aromatic carbocycles. The number of benzene rings is 2. The molecule has 1 aliphatic rings. The van der Waals surface area contributed by atoms with E-state index in [4.69, 9.17) is 4.74 Å². The molecular weight excluding hydrogens is 470 g/mol. The van der Waals surface area contributed by atoms with E-state index in [-0.39, 0.29) is 16.9 Å². The molecule has 1 saturated heterocycles. The lowest BCUT2D eigenvalue weighted by Crippen LogP contribution is -2.55. The molecule has 0 radical (unpaired) electrons. The molecule has 4 rings (SSSR count). The van der Waals surface area contributed by atoms with E-state index in [2.05, 4.69) is 10.4 Å². The van der Waals surface area contributed by atoms with Gasteiger partial charge in [-0.2, -0.15) is 0 Å². The first-order valence-electron chi connectivity index (χ1n) is 10.7. The molecule has 12 nitrogen and oxygen atoms in total. The molecule has 1 aromatic heterocycles. The van der Waals surface area contributed by atoms with Crippen molar-refractivity contribution in [3.05, 3.63) is 94.8 Å². The molecule has 0 spiro atoms. The highest BCUT2D eigenvalue weighted by Gasteiger charge is 2.45. The number of para-hydroxylation sites is 1. The van der Waals surface area contributed by atoms with Crippen LogP contribution in [0.2, 0.25) is 0 Å². The van der Waals surface area contributed by atoms with Gasteiger partial charge in [-0.25, -0.2) is 9.91 Å². The summed E-state index contributed by atoms with van der Waals surface area (Å²) in [6.07, 6.45) is 2.28. The molecule has 2 heterocycles. The number of amides is 4. The van der Waals surface area contributed by atoms with Gasteiger partial charge >= 0.3 is 0 Å². The lowest BCUT2D eigenvalue weighted by Gasteiger charge is -2.28. The Morgan fingerprint density at radius 1 is 1.08 bits per heavy atom. The Morgan fingerprint density at radius 2 is 1.81 bits per heavy atom. The summed E-state index contributed by atoms with van der Waals surface area (Å²) in [5.41, 5.74) is 2.16. The van der Waals surface area contributed by atoms with Crippen LogP contribution < -0.4 is 15.1 Å². The third-order valence-corrected chi connectivity index (χ3v) is 5.24. The smallest absolute Gasteiger partial charge is 0.276 e. The maximum atomic E-state index is 13.3. The Kier molecular flexibility index (Phi) is 6.95. The van der Waals surface area contributed by atoms with Crippen LogP contribution in [0.5, 0.6) is 5.75 Å². The minimum atomic E-state index is -1.39. The highest BCUT2D eigenvalue weighted by molar-refractivity contribution is 6.23. The largest absolute Gasteiger partial charge is 0.484 e. The lowest BCUT2D eigenvalue weighted by atomic mass is 10.2. The SMILES string of the molecule is O=C(COc1ccccc1)NN(C(=O)c1ccncc1)C1CC(=O)N(c2cccc([N+](=O)[O-])c2)C1=O. The number of hydrogen-bond donors (Lipinski definition) is 1. The highest BCUT2D eigenvalue weighted by Crippen LogP contribution is 2.28. The number of pyridine rings is 1. The van der Waals surface area contributed by atoms with Crippen molar-refractivity contribution < 1.29 is 28.8 Å². The summed E-state index contributed by atoms with van der Waals surface area (Å²) in [5.74, 6) is -2.59. The molecule has 1 unspecified atom stereocenters. The van der Waals surface area contributed by atoms with Gasteiger partial charge in [0.15, 0.2) is 6.61 Å². The van der Waals surface area contributed by atoms with Crippen LogP contribution >= 0.6 is 0 Å². The quantitative estimate of drug-likeness (QED) is 0.300. The Balaban J connectivity index is 1.59. The van der Waals surface area contributed by atoms with Gasteiger partial charge in [0.2, 0.25) is 5.91 Å². The predicted molar refractivity (Wildman–Crippen MR) is 124 cm³/mol. The molecule has 1 atom stereocenters. The fourth-order valence-corrected chi connectivity index (χ4v) is 3.57. The van der Waals surface area contributed by atoms with Gasteiger partial charge in [0, 0.05) is 30.1 Å². The second kappa shape index (κ2) is 10.4. The van der Waals surface area contributed by atoms with E-state index in [0.717, 1.165) is 16.0 Å². The molecule has 1 aliphatic heterocycles. The molecule has 12 heteroatoms. The van der Waals surface area contributed by atoms with Crippen molar-refractivity contribution in [3.8, 4) is 5.75 Å². The highest BCUT2D eigenvalue weighted by atomic mass is 16.6. The van der Waals surface area contributed by atoms with Gasteiger partial charge in [-0.1, -0.05) is 24.3 Å². The summed E-state index contributed by atoms with van der Waals surface area (Å²) in [7, 11) is 0. The maximum Gasteiger partial charge on any atom is 0.276 e. The molecule has 1 N–H and O–H groups in total. The number of nitro benzene ring substituents is 1. The first-order chi connectivity index (χ1) is 17.3. The molecule has 36 heavy (non-hydrogen) atoms. The number of non-ortho nitro benzene ring substituents is 1. The fraction of sp³-hybridized carbons (Fsp3) is 0.125. The first-order valence-corrected chi connectivity index (χ1v) is 10.7. The standard InChI is InChI=1S/C24H19N5O7/c30-21(15-36-19-7-2-1-3-8-19)26-28(23(32)16-9-11-25-12-10-16)20-14-22(31)27(24(20)33)17-5-4-6-18(13-17)29(34)35/h1-13,20H,14-15H2,(H,26,30). The average molecular weight is 489 g/mol. The van der Waals surface area contributed by atoms with Crippen LogP contribution in [0, 0.1) is 10.1 Å². The van der Waals surface area contributed by atoms with Crippen molar-refractivity contribution in [2.45, 2.75) is 12.5 Å². The summed E-state index contributed by atoms with van der Waals surface area (Å²) in [4.78, 5) is 67.1. The van der Waals surface area contributed by atoms with Gasteiger partial charge < -0.3 is 4.74 Å². The Morgan fingerprint density at radius 3 is 2.50 bits per heavy atom. The molecular formula is C24H19N5O7. The normalized spacial score (nSPS) is 14.9. The second-order valence-corrected chi connectivity index (χ2v) is 7.61. The minimum Gasteiger partial charge on any atom is -0.484 e. The number of ether oxygens (including phenoxy) is 1. The van der Waals surface area contributed by atoms with Gasteiger partial charge in [-0.05, 0) is 30.3 Å². The molecule has 182 valence electrons. The zero-order valence-electron chi connectivity index (χ0n) is 18.6. The second-order valence-electron chi connectivity index (χ2n) is 7.61. The Hall–Kier alpha value is -5.13. The number of carbonyl (C=O) groups is 4. The van der Waals surface area contributed by atoms with Crippen molar-refractivity contribution in [2.75, 3.05) is 11.5 Å². The van der Waals surface area contributed by atoms with Crippen LogP contribution in [0.1, 0.15) is 16.8 Å². The molecule has 0 aliphatic carbocycles. The van der Waals surface area contributed by atoms with Crippen LogP contribution in [0.4, 0.5) is 11.4 Å². The number of aromatic nitrogens is 1. The Bertz CT molecular complexity index is 1320. The van der Waals surface area contributed by atoms with Crippen LogP contribution in [-0.2, 0) is 14.4 Å². The zero-order valence-corrected chi connectivity index (χ0v) is 18.6. The maximum absolute atomic E-state index is 13.3. The average Bonchev–Trinajstić information content (AvgIpc) is 3.20. The first kappa shape index (κ1) is 24.0. The summed E-state index contributed by atoms with van der Waals surface area (Å²) < 4.78 is 5.40. The number of hydrogen-bond acceptors (Lipinski definition) is 8. The number of hydrazine groups is 1. The van der Waals surface area contributed by atoms with Crippen molar-refractivity contribution in [3.63, 3.8) is 0 Å². The summed E-state index contributed by atoms with van der Waals surface area (Å²) in [5, 5.41) is 11.9. The third-order valence-electron chi connectivity index (χ3n) is 5.24. The number of rotatable bonds is 7. The van der Waals surface area contributed by atoms with E-state index in [9.17, 15) is 29.3 Å². The Labute approximate surface area is 204 Å². The molecule has 1 fully saturated rings. The van der Waals surface area contributed by atoms with E-state index in [1.54, 1.807) is 30.3 Å². The molecule has 4 amide bonds. The third kappa shape index (κ3) is 5.17. The lowest BCUT2D eigenvalue weighted by molar-refractivity contribution is -0.384. The zero-order chi connectivity index (χ0) is 25.7. The van der Waals surface area contributed by atoms with Crippen molar-refractivity contribution in [1.29, 1.82) is 0 Å². The monoisotopic (exact) mass is 489 g/mol. The van der Waals surface area contributed by atoms with Crippen LogP contribution in [0.15, 0.2) is 79.1 Å². The summed E-state index contributed by atoms with van der Waals surface area (Å²) >= 11 is 0.